The van der Waals surface area contributed by atoms with Gasteiger partial charge in [0.2, 0.25) is 0 Å². The summed E-state index contributed by atoms with van der Waals surface area (Å²) >= 11 is 0. The van der Waals surface area contributed by atoms with Crippen LogP contribution in [0.2, 0.25) is 0 Å². The maximum atomic E-state index is 7.49. The molecule has 0 amide bonds. The quantitative estimate of drug-likeness (QED) is 0.108. The molecule has 0 spiro atoms. The molecule has 532 valence electrons. The number of benzene rings is 10. The van der Waals surface area contributed by atoms with Crippen molar-refractivity contribution in [3.05, 3.63) is 317 Å². The molecule has 0 atom stereocenters. The lowest BCUT2D eigenvalue weighted by Crippen LogP contribution is -2.17. The first kappa shape index (κ1) is 74.2. The first-order valence-corrected chi connectivity index (χ1v) is 36.9. The van der Waals surface area contributed by atoms with Crippen molar-refractivity contribution in [1.29, 1.82) is 0 Å². The summed E-state index contributed by atoms with van der Waals surface area (Å²) in [4.78, 5) is 0. The van der Waals surface area contributed by atoms with E-state index in [4.69, 9.17) is 28.4 Å². The molecule has 6 heteroatoms. The topological polar surface area (TPSA) is 55.4 Å². The molecule has 10 aromatic carbocycles. The van der Waals surface area contributed by atoms with E-state index in [0.717, 1.165) is 124 Å². The Bertz CT molecular complexity index is 3990. The third-order valence-corrected chi connectivity index (χ3v) is 20.3. The van der Waals surface area contributed by atoms with E-state index in [2.05, 4.69) is 319 Å². The van der Waals surface area contributed by atoms with Crippen LogP contribution in [0.5, 0.6) is 34.5 Å². The molecule has 12 bridgehead atoms. The van der Waals surface area contributed by atoms with Crippen molar-refractivity contribution in [2.45, 2.75) is 222 Å². The maximum Gasteiger partial charge on any atom is 0.126 e. The van der Waals surface area contributed by atoms with Crippen LogP contribution in [0.1, 0.15) is 247 Å². The summed E-state index contributed by atoms with van der Waals surface area (Å²) in [6.07, 6.45) is 3.24. The fourth-order valence-corrected chi connectivity index (χ4v) is 14.1. The van der Waals surface area contributed by atoms with E-state index >= 15 is 0 Å². The predicted molar refractivity (Wildman–Crippen MR) is 424 cm³/mol. The molecule has 10 aromatic rings. The molecule has 0 aromatic heterocycles. The summed E-state index contributed by atoms with van der Waals surface area (Å²) < 4.78 is 43.8. The first-order chi connectivity index (χ1) is 48.2. The highest BCUT2D eigenvalue weighted by molar-refractivity contribution is 5.62. The number of ether oxygens (including phenoxy) is 6. The van der Waals surface area contributed by atoms with E-state index in [9.17, 15) is 0 Å². The second-order valence-corrected chi connectivity index (χ2v) is 34.8. The fraction of sp³-hybridized carbons (Fsp3) is 0.375. The zero-order chi connectivity index (χ0) is 73.1. The smallest absolute Gasteiger partial charge is 0.126 e. The largest absolute Gasteiger partial charge is 0.496 e. The Kier molecular flexibility index (Phi) is 21.9. The highest BCUT2D eigenvalue weighted by Crippen LogP contribution is 2.47. The summed E-state index contributed by atoms with van der Waals surface area (Å²) in [6, 6.07) is 71.3. The van der Waals surface area contributed by atoms with E-state index in [1.54, 1.807) is 0 Å². The molecule has 0 heterocycles. The molecular formula is C96H112O6. The standard InChI is InChI=1S/C96H112O6/c1-91(2,3)79-47-67-41-71-51-81(93(7,8)9)55-75(87(71)99-59-63-33-25-21-26-34-63)45-77-57-83(95(13,14)15)53-73(89(77)101-61-65-37-29-23-30-38-65)43-69-49-80(92(4,5)6)50-70(86(69)98-20)44-74-54-84(96(16,17)18)58-78(90(74)102-62-66-39-31-24-32-40-66)46-76-56-82(94(10,11)12)52-72(42-68(48-79)85(67)97-19)88(76)100-60-64-35-27-22-28-36-64/h21-40,47-58H,41-46,59-62H2,1-20H3. The number of rotatable bonds is 14. The van der Waals surface area contributed by atoms with Crippen LogP contribution in [0.3, 0.4) is 0 Å². The monoisotopic (exact) mass is 1360 g/mol. The molecule has 0 fully saturated rings. The normalized spacial score (nSPS) is 13.2. The average Bonchev–Trinajstić information content (AvgIpc) is 0.771. The Morgan fingerprint density at radius 3 is 0.471 bits per heavy atom. The molecule has 0 N–H and O–H groups in total. The Balaban J connectivity index is 1.27. The van der Waals surface area contributed by atoms with Crippen molar-refractivity contribution in [2.24, 2.45) is 0 Å². The third kappa shape index (κ3) is 17.9. The second kappa shape index (κ2) is 30.1. The molecular weight excluding hydrogens is 1250 g/mol. The summed E-state index contributed by atoms with van der Waals surface area (Å²) in [6.45, 7) is 43.4. The van der Waals surface area contributed by atoms with Crippen LogP contribution in [-0.2, 0) is 97.4 Å². The van der Waals surface area contributed by atoms with Gasteiger partial charge in [-0.25, -0.2) is 0 Å². The highest BCUT2D eigenvalue weighted by Gasteiger charge is 2.32. The van der Waals surface area contributed by atoms with Crippen LogP contribution >= 0.6 is 0 Å². The predicted octanol–water partition coefficient (Wildman–Crippen LogP) is 23.7. The van der Waals surface area contributed by atoms with Gasteiger partial charge < -0.3 is 28.4 Å². The van der Waals surface area contributed by atoms with E-state index < -0.39 is 0 Å². The zero-order valence-electron chi connectivity index (χ0n) is 65.0. The van der Waals surface area contributed by atoms with Crippen LogP contribution in [0.15, 0.2) is 194 Å². The minimum absolute atomic E-state index is 0.231. The van der Waals surface area contributed by atoms with E-state index in [0.29, 0.717) is 65.0 Å². The Morgan fingerprint density at radius 1 is 0.206 bits per heavy atom. The Morgan fingerprint density at radius 2 is 0.343 bits per heavy atom. The SMILES string of the molecule is COc1c2cc(C(C)(C)C)cc1Cc1cc(C(C)(C)C)cc(c1OCc1ccccc1)Cc1cc(C(C)(C)C)cc(c1OCc1ccccc1)Cc1cc(C(C)(C)C)cc(c1OC)Cc1cc(C(C)(C)C)cc(c1OCc1ccccc1)Cc1cc(C(C)(C)C)cc(c1OCc1ccccc1)C2. The molecule has 0 radical (unpaired) electrons. The molecule has 0 saturated carbocycles. The summed E-state index contributed by atoms with van der Waals surface area (Å²) in [5.74, 6) is 5.20. The average molecular weight is 1360 g/mol. The molecule has 11 rings (SSSR count). The van der Waals surface area contributed by atoms with Gasteiger partial charge in [0.25, 0.3) is 0 Å². The molecule has 102 heavy (non-hydrogen) atoms. The van der Waals surface area contributed by atoms with Gasteiger partial charge in [-0.15, -0.1) is 0 Å². The van der Waals surface area contributed by atoms with Gasteiger partial charge in [-0.1, -0.05) is 319 Å². The fourth-order valence-electron chi connectivity index (χ4n) is 14.1. The minimum Gasteiger partial charge on any atom is -0.496 e. The lowest BCUT2D eigenvalue weighted by Gasteiger charge is -2.29. The van der Waals surface area contributed by atoms with Crippen LogP contribution in [0, 0.1) is 0 Å². The Labute approximate surface area is 612 Å². The van der Waals surface area contributed by atoms with Crippen molar-refractivity contribution < 1.29 is 28.4 Å². The van der Waals surface area contributed by atoms with E-state index in [1.807, 2.05) is 14.2 Å². The van der Waals surface area contributed by atoms with Crippen LogP contribution < -0.4 is 28.4 Å². The van der Waals surface area contributed by atoms with Gasteiger partial charge in [-0.2, -0.15) is 0 Å². The molecule has 0 aliphatic heterocycles. The molecule has 0 unspecified atom stereocenters. The van der Waals surface area contributed by atoms with E-state index in [1.165, 1.54) is 33.4 Å². The van der Waals surface area contributed by atoms with Gasteiger partial charge in [0.1, 0.15) is 60.9 Å². The van der Waals surface area contributed by atoms with Gasteiger partial charge in [-0.3, -0.25) is 0 Å². The minimum atomic E-state index is -0.237. The number of hydrogen-bond donors (Lipinski definition) is 0. The molecule has 0 saturated heterocycles. The van der Waals surface area contributed by atoms with Crippen molar-refractivity contribution >= 4 is 0 Å². The summed E-state index contributed by atoms with van der Waals surface area (Å²) in [5, 5.41) is 0. The van der Waals surface area contributed by atoms with Gasteiger partial charge in [0, 0.05) is 38.5 Å². The maximum absolute atomic E-state index is 7.49. The van der Waals surface area contributed by atoms with Crippen LogP contribution in [0.25, 0.3) is 0 Å². The number of methoxy groups -OCH3 is 2. The van der Waals surface area contributed by atoms with Gasteiger partial charge in [-0.05, 0) is 155 Å². The first-order valence-electron chi connectivity index (χ1n) is 36.9. The van der Waals surface area contributed by atoms with Crippen molar-refractivity contribution in [1.82, 2.24) is 0 Å². The third-order valence-electron chi connectivity index (χ3n) is 20.3. The molecule has 1 aliphatic carbocycles. The lowest BCUT2D eigenvalue weighted by atomic mass is 9.79. The van der Waals surface area contributed by atoms with Crippen LogP contribution in [-0.4, -0.2) is 14.2 Å². The van der Waals surface area contributed by atoms with Crippen LogP contribution in [0.4, 0.5) is 0 Å². The van der Waals surface area contributed by atoms with E-state index in [-0.39, 0.29) is 32.5 Å². The summed E-state index contributed by atoms with van der Waals surface area (Å²) in [7, 11) is 3.70. The highest BCUT2D eigenvalue weighted by atomic mass is 16.5. The molecule has 1 aliphatic rings. The van der Waals surface area contributed by atoms with Crippen molar-refractivity contribution in [3.8, 4) is 34.5 Å². The summed E-state index contributed by atoms with van der Waals surface area (Å²) in [5.41, 5.74) is 23.5. The van der Waals surface area contributed by atoms with Crippen molar-refractivity contribution in [2.75, 3.05) is 14.2 Å². The van der Waals surface area contributed by atoms with Crippen molar-refractivity contribution in [3.63, 3.8) is 0 Å². The zero-order valence-corrected chi connectivity index (χ0v) is 65.0. The number of hydrogen-bond acceptors (Lipinski definition) is 6. The second-order valence-electron chi connectivity index (χ2n) is 34.8. The lowest BCUT2D eigenvalue weighted by molar-refractivity contribution is 0.296. The number of fused-ring (bicyclic) bond motifs is 12. The van der Waals surface area contributed by atoms with Gasteiger partial charge in [0.15, 0.2) is 0 Å². The Hall–Kier alpha value is -9.00. The van der Waals surface area contributed by atoms with Gasteiger partial charge >= 0.3 is 0 Å². The van der Waals surface area contributed by atoms with Gasteiger partial charge in [0.05, 0.1) is 14.2 Å². The molecule has 6 nitrogen and oxygen atoms in total.